The number of rotatable bonds is 3. The van der Waals surface area contributed by atoms with Gasteiger partial charge in [0.15, 0.2) is 0 Å². The van der Waals surface area contributed by atoms with Crippen LogP contribution in [0.4, 0.5) is 11.4 Å². The van der Waals surface area contributed by atoms with Gasteiger partial charge in [0.1, 0.15) is 18.1 Å². The Hall–Kier alpha value is -2.36. The van der Waals surface area contributed by atoms with E-state index in [4.69, 9.17) is 15.2 Å². The number of ether oxygens (including phenoxy) is 2. The highest BCUT2D eigenvalue weighted by atomic mass is 16.5. The fourth-order valence-electron chi connectivity index (χ4n) is 2.55. The molecule has 1 heterocycles. The van der Waals surface area contributed by atoms with Crippen LogP contribution in [0.15, 0.2) is 42.5 Å². The molecule has 0 unspecified atom stereocenters. The third-order valence-electron chi connectivity index (χ3n) is 3.61. The number of hydrogen-bond acceptors (Lipinski definition) is 4. The van der Waals surface area contributed by atoms with Crippen LogP contribution < -0.4 is 20.1 Å². The van der Waals surface area contributed by atoms with E-state index in [9.17, 15) is 0 Å². The first kappa shape index (κ1) is 13.6. The predicted octanol–water partition coefficient (Wildman–Crippen LogP) is 3.07. The number of nitrogen functional groups attached to an aromatic ring is 1. The number of benzene rings is 2. The molecule has 2 N–H and O–H groups in total. The highest BCUT2D eigenvalue weighted by molar-refractivity contribution is 5.62. The Balaban J connectivity index is 1.88. The van der Waals surface area contributed by atoms with E-state index >= 15 is 0 Å². The molecule has 0 saturated carbocycles. The van der Waals surface area contributed by atoms with Gasteiger partial charge >= 0.3 is 0 Å². The second-order valence-corrected chi connectivity index (χ2v) is 5.03. The van der Waals surface area contributed by atoms with Crippen molar-refractivity contribution in [2.45, 2.75) is 13.5 Å². The zero-order valence-corrected chi connectivity index (χ0v) is 12.2. The van der Waals surface area contributed by atoms with Gasteiger partial charge in [-0.25, -0.2) is 0 Å². The lowest BCUT2D eigenvalue weighted by atomic mass is 10.1. The molecule has 4 heteroatoms. The van der Waals surface area contributed by atoms with Gasteiger partial charge in [0.05, 0.1) is 18.8 Å². The van der Waals surface area contributed by atoms with Crippen molar-refractivity contribution >= 4 is 11.4 Å². The van der Waals surface area contributed by atoms with Crippen molar-refractivity contribution in [3.63, 3.8) is 0 Å². The highest BCUT2D eigenvalue weighted by Gasteiger charge is 2.16. The van der Waals surface area contributed by atoms with Crippen LogP contribution in [0.2, 0.25) is 0 Å². The minimum Gasteiger partial charge on any atom is -0.492 e. The van der Waals surface area contributed by atoms with Crippen LogP contribution >= 0.6 is 0 Å². The van der Waals surface area contributed by atoms with E-state index in [2.05, 4.69) is 11.0 Å². The third-order valence-corrected chi connectivity index (χ3v) is 3.61. The van der Waals surface area contributed by atoms with E-state index in [1.807, 2.05) is 43.3 Å². The number of fused-ring (bicyclic) bond motifs is 1. The Kier molecular flexibility index (Phi) is 3.86. The second kappa shape index (κ2) is 5.95. The average Bonchev–Trinajstić information content (AvgIpc) is 2.72. The van der Waals surface area contributed by atoms with Crippen LogP contribution in [0.1, 0.15) is 12.5 Å². The van der Waals surface area contributed by atoms with Crippen LogP contribution in [0.5, 0.6) is 11.5 Å². The van der Waals surface area contributed by atoms with Crippen molar-refractivity contribution in [3.8, 4) is 11.5 Å². The minimum atomic E-state index is 0.611. The predicted molar refractivity (Wildman–Crippen MR) is 85.0 cm³/mol. The van der Waals surface area contributed by atoms with Crippen molar-refractivity contribution in [3.05, 3.63) is 48.0 Å². The van der Waals surface area contributed by atoms with E-state index in [1.54, 1.807) is 0 Å². The van der Waals surface area contributed by atoms with Crippen molar-refractivity contribution in [2.75, 3.05) is 30.4 Å². The summed E-state index contributed by atoms with van der Waals surface area (Å²) in [6, 6.07) is 14.1. The molecule has 0 radical (unpaired) electrons. The van der Waals surface area contributed by atoms with Crippen molar-refractivity contribution in [2.24, 2.45) is 0 Å². The van der Waals surface area contributed by atoms with Gasteiger partial charge in [-0.05, 0) is 25.1 Å². The number of para-hydroxylation sites is 1. The average molecular weight is 284 g/mol. The molecule has 0 spiro atoms. The third kappa shape index (κ3) is 2.89. The monoisotopic (exact) mass is 284 g/mol. The molecule has 3 rings (SSSR count). The lowest BCUT2D eigenvalue weighted by Crippen LogP contribution is -2.25. The first-order chi connectivity index (χ1) is 10.3. The molecule has 0 fully saturated rings. The molecule has 21 heavy (non-hydrogen) atoms. The quantitative estimate of drug-likeness (QED) is 0.880. The van der Waals surface area contributed by atoms with E-state index in [0.29, 0.717) is 18.9 Å². The van der Waals surface area contributed by atoms with Crippen LogP contribution in [0.3, 0.4) is 0 Å². The molecule has 110 valence electrons. The van der Waals surface area contributed by atoms with E-state index in [-0.39, 0.29) is 0 Å². The van der Waals surface area contributed by atoms with Gasteiger partial charge in [-0.3, -0.25) is 0 Å². The van der Waals surface area contributed by atoms with Crippen molar-refractivity contribution in [1.82, 2.24) is 0 Å². The van der Waals surface area contributed by atoms with Gasteiger partial charge in [-0.15, -0.1) is 0 Å². The molecule has 0 saturated heterocycles. The Morgan fingerprint density at radius 3 is 2.95 bits per heavy atom. The first-order valence-electron chi connectivity index (χ1n) is 7.26. The molecule has 1 aliphatic heterocycles. The topological polar surface area (TPSA) is 47.7 Å². The molecular formula is C17H20N2O2. The lowest BCUT2D eigenvalue weighted by molar-refractivity contribution is 0.331. The molecule has 0 atom stereocenters. The van der Waals surface area contributed by atoms with Gasteiger partial charge in [-0.2, -0.15) is 0 Å². The molecule has 4 nitrogen and oxygen atoms in total. The second-order valence-electron chi connectivity index (χ2n) is 5.03. The number of anilines is 2. The summed E-state index contributed by atoms with van der Waals surface area (Å²) >= 11 is 0. The number of nitrogens with zero attached hydrogens (tertiary/aromatic N) is 1. The lowest BCUT2D eigenvalue weighted by Gasteiger charge is -2.23. The number of hydrogen-bond donors (Lipinski definition) is 1. The smallest absolute Gasteiger partial charge is 0.144 e. The van der Waals surface area contributed by atoms with E-state index in [0.717, 1.165) is 30.3 Å². The largest absolute Gasteiger partial charge is 0.492 e. The maximum atomic E-state index is 5.94. The Bertz CT molecular complexity index is 628. The zero-order valence-electron chi connectivity index (χ0n) is 12.2. The summed E-state index contributed by atoms with van der Waals surface area (Å²) in [7, 11) is 0. The summed E-state index contributed by atoms with van der Waals surface area (Å²) < 4.78 is 11.4. The molecular weight excluding hydrogens is 264 g/mol. The summed E-state index contributed by atoms with van der Waals surface area (Å²) in [5.74, 6) is 1.72. The summed E-state index contributed by atoms with van der Waals surface area (Å²) in [6.45, 7) is 4.91. The molecule has 1 aliphatic rings. The molecule has 2 aromatic carbocycles. The Morgan fingerprint density at radius 2 is 2.10 bits per heavy atom. The molecule has 0 amide bonds. The van der Waals surface area contributed by atoms with Gasteiger partial charge in [0.25, 0.3) is 0 Å². The molecule has 0 aliphatic carbocycles. The Labute approximate surface area is 125 Å². The molecule has 0 aromatic heterocycles. The fourth-order valence-corrected chi connectivity index (χ4v) is 2.55. The molecule has 2 aromatic rings. The summed E-state index contributed by atoms with van der Waals surface area (Å²) in [5, 5.41) is 0. The maximum Gasteiger partial charge on any atom is 0.144 e. The van der Waals surface area contributed by atoms with E-state index in [1.165, 1.54) is 5.56 Å². The molecule has 0 bridgehead atoms. The van der Waals surface area contributed by atoms with Crippen molar-refractivity contribution < 1.29 is 9.47 Å². The fraction of sp³-hybridized carbons (Fsp3) is 0.294. The minimum absolute atomic E-state index is 0.611. The normalized spacial score (nSPS) is 14.0. The van der Waals surface area contributed by atoms with Gasteiger partial charge in [0, 0.05) is 23.9 Å². The highest BCUT2D eigenvalue weighted by Crippen LogP contribution is 2.31. The van der Waals surface area contributed by atoms with Gasteiger partial charge in [-0.1, -0.05) is 18.2 Å². The van der Waals surface area contributed by atoms with Crippen LogP contribution in [-0.4, -0.2) is 19.8 Å². The van der Waals surface area contributed by atoms with Crippen LogP contribution in [0.25, 0.3) is 0 Å². The first-order valence-corrected chi connectivity index (χ1v) is 7.26. The van der Waals surface area contributed by atoms with Gasteiger partial charge < -0.3 is 20.1 Å². The summed E-state index contributed by atoms with van der Waals surface area (Å²) in [5.41, 5.74) is 8.92. The zero-order chi connectivity index (χ0) is 14.7. The van der Waals surface area contributed by atoms with Crippen LogP contribution in [0, 0.1) is 0 Å². The Morgan fingerprint density at radius 1 is 1.24 bits per heavy atom. The summed E-state index contributed by atoms with van der Waals surface area (Å²) in [6.07, 6.45) is 0. The maximum absolute atomic E-state index is 5.94. The van der Waals surface area contributed by atoms with Gasteiger partial charge in [0.2, 0.25) is 0 Å². The van der Waals surface area contributed by atoms with Crippen LogP contribution in [-0.2, 0) is 6.54 Å². The summed E-state index contributed by atoms with van der Waals surface area (Å²) in [4.78, 5) is 2.29. The van der Waals surface area contributed by atoms with Crippen molar-refractivity contribution in [1.29, 1.82) is 0 Å². The van der Waals surface area contributed by atoms with E-state index < -0.39 is 0 Å². The standard InChI is InChI=1S/C17H20N2O2/c1-2-20-17-11-14(7-8-15(17)18)19-9-10-21-16-6-4-3-5-13(16)12-19/h3-8,11H,2,9-10,12,18H2,1H3. The number of nitrogens with two attached hydrogens (primary N) is 1. The SMILES string of the molecule is CCOc1cc(N2CCOc3ccccc3C2)ccc1N.